The molecule has 2 aromatic rings. The van der Waals surface area contributed by atoms with Crippen molar-refractivity contribution < 1.29 is 14.5 Å². The van der Waals surface area contributed by atoms with E-state index in [1.54, 1.807) is 6.92 Å². The zero-order chi connectivity index (χ0) is 17.4. The molecule has 0 spiro atoms. The topological polar surface area (TPSA) is 93.8 Å². The van der Waals surface area contributed by atoms with E-state index in [9.17, 15) is 14.9 Å². The first-order valence-electron chi connectivity index (χ1n) is 7.38. The van der Waals surface area contributed by atoms with Crippen LogP contribution in [0.1, 0.15) is 12.5 Å². The number of carbonyl (C=O) groups excluding carboxylic acids is 1. The lowest BCUT2D eigenvalue weighted by Gasteiger charge is -2.07. The highest BCUT2D eigenvalue weighted by atomic mass is 16.6. The first-order valence-corrected chi connectivity index (χ1v) is 7.38. The predicted molar refractivity (Wildman–Crippen MR) is 90.9 cm³/mol. The Morgan fingerprint density at radius 2 is 1.83 bits per heavy atom. The second kappa shape index (κ2) is 8.42. The normalized spacial score (nSPS) is 11.0. The SMILES string of the molecule is CCOC(=O)C(Cc1ccccc1)=NNc1ccc([N+](=O)[O-])cc1. The van der Waals surface area contributed by atoms with E-state index in [0.29, 0.717) is 12.1 Å². The highest BCUT2D eigenvalue weighted by Crippen LogP contribution is 2.15. The molecule has 124 valence electrons. The number of nitro groups is 1. The molecule has 0 bridgehead atoms. The van der Waals surface area contributed by atoms with E-state index in [1.807, 2.05) is 30.3 Å². The Hall–Kier alpha value is -3.22. The Labute approximate surface area is 139 Å². The zero-order valence-corrected chi connectivity index (χ0v) is 13.1. The summed E-state index contributed by atoms with van der Waals surface area (Å²) in [5.74, 6) is -0.504. The number of hydrogen-bond acceptors (Lipinski definition) is 6. The number of nitrogens with one attached hydrogen (secondary N) is 1. The van der Waals surface area contributed by atoms with Crippen molar-refractivity contribution in [3.05, 3.63) is 70.3 Å². The minimum Gasteiger partial charge on any atom is -0.461 e. The molecule has 7 heteroatoms. The third kappa shape index (κ3) is 4.91. The molecular weight excluding hydrogens is 310 g/mol. The molecule has 24 heavy (non-hydrogen) atoms. The number of anilines is 1. The molecule has 0 aromatic heterocycles. The van der Waals surface area contributed by atoms with Crippen LogP contribution in [0.3, 0.4) is 0 Å². The van der Waals surface area contributed by atoms with E-state index >= 15 is 0 Å². The summed E-state index contributed by atoms with van der Waals surface area (Å²) in [5.41, 5.74) is 4.41. The van der Waals surface area contributed by atoms with E-state index in [4.69, 9.17) is 4.74 Å². The number of nitrogens with zero attached hydrogens (tertiary/aromatic N) is 2. The largest absolute Gasteiger partial charge is 0.461 e. The highest BCUT2D eigenvalue weighted by Gasteiger charge is 2.14. The van der Waals surface area contributed by atoms with E-state index in [-0.39, 0.29) is 18.0 Å². The summed E-state index contributed by atoms with van der Waals surface area (Å²) in [6, 6.07) is 15.2. The lowest BCUT2D eigenvalue weighted by Crippen LogP contribution is -2.21. The molecule has 0 unspecified atom stereocenters. The van der Waals surface area contributed by atoms with Gasteiger partial charge in [0.2, 0.25) is 0 Å². The first-order chi connectivity index (χ1) is 11.6. The van der Waals surface area contributed by atoms with Gasteiger partial charge in [0, 0.05) is 18.6 Å². The summed E-state index contributed by atoms with van der Waals surface area (Å²) in [4.78, 5) is 22.2. The third-order valence-corrected chi connectivity index (χ3v) is 3.12. The van der Waals surface area contributed by atoms with Gasteiger partial charge in [-0.25, -0.2) is 4.79 Å². The number of ether oxygens (including phenoxy) is 1. The molecule has 0 fully saturated rings. The van der Waals surface area contributed by atoms with Crippen molar-refractivity contribution in [3.63, 3.8) is 0 Å². The average molecular weight is 327 g/mol. The van der Waals surface area contributed by atoms with Crippen LogP contribution in [0.2, 0.25) is 0 Å². The summed E-state index contributed by atoms with van der Waals surface area (Å²) in [7, 11) is 0. The molecule has 0 aliphatic carbocycles. The number of carbonyl (C=O) groups is 1. The standard InChI is InChI=1S/C17H17N3O4/c1-2-24-17(21)16(12-13-6-4-3-5-7-13)19-18-14-8-10-15(11-9-14)20(22)23/h3-11,18H,2,12H2,1H3. The van der Waals surface area contributed by atoms with Gasteiger partial charge in [-0.15, -0.1) is 0 Å². The van der Waals surface area contributed by atoms with Gasteiger partial charge in [-0.1, -0.05) is 30.3 Å². The van der Waals surface area contributed by atoms with Crippen LogP contribution >= 0.6 is 0 Å². The average Bonchev–Trinajstić information content (AvgIpc) is 2.60. The van der Waals surface area contributed by atoms with Crippen LogP contribution in [-0.4, -0.2) is 23.2 Å². The molecule has 7 nitrogen and oxygen atoms in total. The van der Waals surface area contributed by atoms with Crippen LogP contribution in [0.15, 0.2) is 59.7 Å². The minimum absolute atomic E-state index is 0.0144. The summed E-state index contributed by atoms with van der Waals surface area (Å²) in [6.07, 6.45) is 0.319. The van der Waals surface area contributed by atoms with Crippen molar-refractivity contribution in [2.75, 3.05) is 12.0 Å². The summed E-state index contributed by atoms with van der Waals surface area (Å²) < 4.78 is 5.02. The van der Waals surface area contributed by atoms with Crippen molar-refractivity contribution in [1.82, 2.24) is 0 Å². The number of esters is 1. The summed E-state index contributed by atoms with van der Waals surface area (Å²) in [5, 5.41) is 14.7. The Morgan fingerprint density at radius 3 is 2.42 bits per heavy atom. The van der Waals surface area contributed by atoms with Gasteiger partial charge in [0.15, 0.2) is 0 Å². The predicted octanol–water partition coefficient (Wildman–Crippen LogP) is 3.17. The Morgan fingerprint density at radius 1 is 1.17 bits per heavy atom. The third-order valence-electron chi connectivity index (χ3n) is 3.12. The van der Waals surface area contributed by atoms with E-state index in [1.165, 1.54) is 24.3 Å². The molecule has 0 amide bonds. The van der Waals surface area contributed by atoms with E-state index in [2.05, 4.69) is 10.5 Å². The molecule has 0 heterocycles. The Balaban J connectivity index is 2.14. The number of hydrogen-bond donors (Lipinski definition) is 1. The smallest absolute Gasteiger partial charge is 0.354 e. The van der Waals surface area contributed by atoms with Gasteiger partial charge in [-0.2, -0.15) is 5.10 Å². The fraction of sp³-hybridized carbons (Fsp3) is 0.176. The van der Waals surface area contributed by atoms with Crippen molar-refractivity contribution in [3.8, 4) is 0 Å². The zero-order valence-electron chi connectivity index (χ0n) is 13.1. The van der Waals surface area contributed by atoms with Crippen molar-refractivity contribution in [2.45, 2.75) is 13.3 Å². The van der Waals surface area contributed by atoms with Gasteiger partial charge >= 0.3 is 5.97 Å². The fourth-order valence-corrected chi connectivity index (χ4v) is 1.95. The van der Waals surface area contributed by atoms with Crippen LogP contribution in [0.5, 0.6) is 0 Å². The minimum atomic E-state index is -0.504. The number of hydrazone groups is 1. The van der Waals surface area contributed by atoms with Crippen LogP contribution < -0.4 is 5.43 Å². The maximum Gasteiger partial charge on any atom is 0.354 e. The maximum absolute atomic E-state index is 12.0. The van der Waals surface area contributed by atoms with Gasteiger partial charge in [0.25, 0.3) is 5.69 Å². The maximum atomic E-state index is 12.0. The monoisotopic (exact) mass is 327 g/mol. The number of rotatable bonds is 7. The fourth-order valence-electron chi connectivity index (χ4n) is 1.95. The van der Waals surface area contributed by atoms with Crippen LogP contribution in [0, 0.1) is 10.1 Å². The van der Waals surface area contributed by atoms with Crippen molar-refractivity contribution >= 4 is 23.1 Å². The second-order valence-corrected chi connectivity index (χ2v) is 4.86. The summed E-state index contributed by atoms with van der Waals surface area (Å²) in [6.45, 7) is 1.98. The molecule has 2 aromatic carbocycles. The quantitative estimate of drug-likeness (QED) is 0.365. The molecule has 0 saturated carbocycles. The molecule has 0 aliphatic heterocycles. The van der Waals surface area contributed by atoms with Crippen LogP contribution in [0.4, 0.5) is 11.4 Å². The van der Waals surface area contributed by atoms with E-state index < -0.39 is 10.9 Å². The number of non-ortho nitro benzene ring substituents is 1. The lowest BCUT2D eigenvalue weighted by atomic mass is 10.1. The highest BCUT2D eigenvalue weighted by molar-refractivity contribution is 6.37. The second-order valence-electron chi connectivity index (χ2n) is 4.86. The van der Waals surface area contributed by atoms with Crippen molar-refractivity contribution in [1.29, 1.82) is 0 Å². The Kier molecular flexibility index (Phi) is 6.01. The van der Waals surface area contributed by atoms with Gasteiger partial charge in [0.1, 0.15) is 5.71 Å². The van der Waals surface area contributed by atoms with Crippen LogP contribution in [0.25, 0.3) is 0 Å². The van der Waals surface area contributed by atoms with Gasteiger partial charge < -0.3 is 4.74 Å². The lowest BCUT2D eigenvalue weighted by molar-refractivity contribution is -0.384. The molecule has 0 saturated heterocycles. The molecule has 0 aliphatic rings. The number of nitro benzene ring substituents is 1. The van der Waals surface area contributed by atoms with Crippen LogP contribution in [-0.2, 0) is 16.0 Å². The van der Waals surface area contributed by atoms with Gasteiger partial charge in [-0.05, 0) is 24.6 Å². The molecule has 1 N–H and O–H groups in total. The first kappa shape index (κ1) is 17.1. The molecular formula is C17H17N3O4. The molecule has 0 radical (unpaired) electrons. The van der Waals surface area contributed by atoms with Gasteiger partial charge in [0.05, 0.1) is 17.2 Å². The van der Waals surface area contributed by atoms with Crippen molar-refractivity contribution in [2.24, 2.45) is 5.10 Å². The van der Waals surface area contributed by atoms with Gasteiger partial charge in [-0.3, -0.25) is 15.5 Å². The van der Waals surface area contributed by atoms with E-state index in [0.717, 1.165) is 5.56 Å². The Bertz CT molecular complexity index is 727. The molecule has 0 atom stereocenters. The number of benzene rings is 2. The molecule has 2 rings (SSSR count). The summed E-state index contributed by atoms with van der Waals surface area (Å²) >= 11 is 0.